The van der Waals surface area contributed by atoms with Crippen LogP contribution < -0.4 is 9.62 Å². The number of rotatable bonds is 11. The van der Waals surface area contributed by atoms with Crippen molar-refractivity contribution in [3.05, 3.63) is 93.5 Å². The maximum absolute atomic E-state index is 14.0. The molecule has 0 aliphatic rings. The van der Waals surface area contributed by atoms with E-state index in [1.54, 1.807) is 43.3 Å². The number of aryl methyl sites for hydroxylation is 3. The van der Waals surface area contributed by atoms with E-state index in [1.807, 2.05) is 65.0 Å². The number of carbonyl (C=O) groups excluding carboxylic acids is 2. The summed E-state index contributed by atoms with van der Waals surface area (Å²) in [6.45, 7) is 11.5. The van der Waals surface area contributed by atoms with Crippen molar-refractivity contribution in [1.29, 1.82) is 0 Å². The van der Waals surface area contributed by atoms with Gasteiger partial charge in [-0.1, -0.05) is 65.7 Å². The minimum atomic E-state index is -4.10. The Labute approximate surface area is 246 Å². The van der Waals surface area contributed by atoms with Crippen LogP contribution >= 0.6 is 15.9 Å². The van der Waals surface area contributed by atoms with Crippen LogP contribution in [0.5, 0.6) is 0 Å². The molecule has 9 heteroatoms. The van der Waals surface area contributed by atoms with Crippen LogP contribution in [0.3, 0.4) is 0 Å². The van der Waals surface area contributed by atoms with Gasteiger partial charge >= 0.3 is 0 Å². The highest BCUT2D eigenvalue weighted by Crippen LogP contribution is 2.27. The third-order valence-electron chi connectivity index (χ3n) is 6.76. The highest BCUT2D eigenvalue weighted by atomic mass is 79.9. The molecule has 0 aliphatic carbocycles. The summed E-state index contributed by atoms with van der Waals surface area (Å²) in [6, 6.07) is 18.5. The van der Waals surface area contributed by atoms with Crippen molar-refractivity contribution >= 4 is 43.5 Å². The van der Waals surface area contributed by atoms with Crippen molar-refractivity contribution in [3.8, 4) is 0 Å². The molecule has 1 N–H and O–H groups in total. The van der Waals surface area contributed by atoms with Gasteiger partial charge in [0.05, 0.1) is 10.6 Å². The minimum absolute atomic E-state index is 0.0883. The molecule has 7 nitrogen and oxygen atoms in total. The summed E-state index contributed by atoms with van der Waals surface area (Å²) in [5.74, 6) is -0.539. The van der Waals surface area contributed by atoms with Crippen LogP contribution in [0.2, 0.25) is 0 Å². The summed E-state index contributed by atoms with van der Waals surface area (Å²) < 4.78 is 29.9. The molecule has 0 aromatic heterocycles. The predicted molar refractivity (Wildman–Crippen MR) is 164 cm³/mol. The normalized spacial score (nSPS) is 12.2. The average molecular weight is 629 g/mol. The van der Waals surface area contributed by atoms with Gasteiger partial charge in [-0.3, -0.25) is 13.9 Å². The van der Waals surface area contributed by atoms with E-state index in [1.165, 1.54) is 4.90 Å². The van der Waals surface area contributed by atoms with Gasteiger partial charge in [-0.25, -0.2) is 8.42 Å². The van der Waals surface area contributed by atoms with Gasteiger partial charge in [0, 0.05) is 17.6 Å². The monoisotopic (exact) mass is 627 g/mol. The van der Waals surface area contributed by atoms with Crippen LogP contribution in [0.1, 0.15) is 43.0 Å². The molecule has 0 spiro atoms. The van der Waals surface area contributed by atoms with Gasteiger partial charge in [0.25, 0.3) is 10.0 Å². The third-order valence-corrected chi connectivity index (χ3v) is 9.04. The van der Waals surface area contributed by atoms with Crippen molar-refractivity contribution in [2.45, 2.75) is 59.0 Å². The number of hydrogen-bond acceptors (Lipinski definition) is 4. The lowest BCUT2D eigenvalue weighted by molar-refractivity contribution is -0.139. The number of anilines is 1. The second kappa shape index (κ2) is 13.5. The number of carbonyl (C=O) groups is 2. The molecule has 40 heavy (non-hydrogen) atoms. The molecule has 0 heterocycles. The SMILES string of the molecule is Cc1ccc(S(=O)(=O)N(CC(=O)N(Cc2cccc(Br)c2)[C@H](C)C(=O)NCC(C)C)c2ccc(C)c(C)c2)cc1. The number of hydrogen-bond donors (Lipinski definition) is 1. The molecule has 3 rings (SSSR count). The van der Waals surface area contributed by atoms with Crippen LogP contribution in [0.4, 0.5) is 5.69 Å². The molecule has 214 valence electrons. The Kier molecular flexibility index (Phi) is 10.6. The Bertz CT molecular complexity index is 1460. The summed E-state index contributed by atoms with van der Waals surface area (Å²) in [7, 11) is -4.10. The number of halogens is 1. The van der Waals surface area contributed by atoms with E-state index >= 15 is 0 Å². The van der Waals surface area contributed by atoms with Gasteiger partial charge in [0.2, 0.25) is 11.8 Å². The van der Waals surface area contributed by atoms with Crippen molar-refractivity contribution in [2.75, 3.05) is 17.4 Å². The largest absolute Gasteiger partial charge is 0.354 e. The predicted octanol–water partition coefficient (Wildman–Crippen LogP) is 5.76. The molecule has 0 aliphatic heterocycles. The first-order valence-corrected chi connectivity index (χ1v) is 15.5. The number of amides is 2. The topological polar surface area (TPSA) is 86.8 Å². The second-order valence-electron chi connectivity index (χ2n) is 10.6. The van der Waals surface area contributed by atoms with Crippen molar-refractivity contribution in [2.24, 2.45) is 5.92 Å². The molecule has 0 bridgehead atoms. The fraction of sp³-hybridized carbons (Fsp3) is 0.355. The van der Waals surface area contributed by atoms with Crippen LogP contribution in [-0.4, -0.2) is 44.3 Å². The lowest BCUT2D eigenvalue weighted by Gasteiger charge is -2.32. The first-order chi connectivity index (χ1) is 18.8. The van der Waals surface area contributed by atoms with Crippen molar-refractivity contribution in [1.82, 2.24) is 10.2 Å². The van der Waals surface area contributed by atoms with E-state index in [-0.39, 0.29) is 23.3 Å². The lowest BCUT2D eigenvalue weighted by atomic mass is 10.1. The van der Waals surface area contributed by atoms with E-state index in [0.29, 0.717) is 12.2 Å². The fourth-order valence-corrected chi connectivity index (χ4v) is 5.97. The van der Waals surface area contributed by atoms with E-state index < -0.39 is 28.5 Å². The minimum Gasteiger partial charge on any atom is -0.354 e. The van der Waals surface area contributed by atoms with Crippen molar-refractivity contribution in [3.63, 3.8) is 0 Å². The average Bonchev–Trinajstić information content (AvgIpc) is 2.90. The maximum Gasteiger partial charge on any atom is 0.264 e. The van der Waals surface area contributed by atoms with Crippen LogP contribution in [0, 0.1) is 26.7 Å². The van der Waals surface area contributed by atoms with E-state index in [0.717, 1.165) is 31.0 Å². The zero-order valence-electron chi connectivity index (χ0n) is 23.9. The van der Waals surface area contributed by atoms with Crippen molar-refractivity contribution < 1.29 is 18.0 Å². The standard InChI is InChI=1S/C31H38BrN3O4S/c1-21(2)18-33-31(37)25(6)34(19-26-8-7-9-27(32)17-26)30(36)20-35(28-13-12-23(4)24(5)16-28)40(38,39)29-14-10-22(3)11-15-29/h7-17,21,25H,18-20H2,1-6H3,(H,33,37)/t25-/m1/s1. The molecule has 2 amide bonds. The third kappa shape index (κ3) is 7.95. The van der Waals surface area contributed by atoms with Gasteiger partial charge in [-0.15, -0.1) is 0 Å². The number of benzene rings is 3. The smallest absolute Gasteiger partial charge is 0.264 e. The van der Waals surface area contributed by atoms with Gasteiger partial charge in [0.1, 0.15) is 12.6 Å². The summed E-state index contributed by atoms with van der Waals surface area (Å²) in [5, 5.41) is 2.90. The van der Waals surface area contributed by atoms with Crippen LogP contribution in [0.25, 0.3) is 0 Å². The molecule has 3 aromatic carbocycles. The molecule has 1 atom stereocenters. The molecule has 0 saturated carbocycles. The van der Waals surface area contributed by atoms with Gasteiger partial charge in [0.15, 0.2) is 0 Å². The molecular weight excluding hydrogens is 590 g/mol. The van der Waals surface area contributed by atoms with Gasteiger partial charge in [-0.05, 0) is 86.7 Å². The molecule has 0 saturated heterocycles. The Morgan fingerprint density at radius 2 is 1.57 bits per heavy atom. The Hall–Kier alpha value is -3.17. The first-order valence-electron chi connectivity index (χ1n) is 13.3. The number of sulfonamides is 1. The molecule has 0 unspecified atom stereocenters. The fourth-order valence-electron chi connectivity index (χ4n) is 4.11. The Morgan fingerprint density at radius 3 is 2.17 bits per heavy atom. The molecular formula is C31H38BrN3O4S. The molecule has 0 fully saturated rings. The number of nitrogens with one attached hydrogen (secondary N) is 1. The summed E-state index contributed by atoms with van der Waals surface area (Å²) >= 11 is 3.47. The van der Waals surface area contributed by atoms with E-state index in [4.69, 9.17) is 0 Å². The molecule has 0 radical (unpaired) electrons. The Morgan fingerprint density at radius 1 is 0.900 bits per heavy atom. The zero-order valence-corrected chi connectivity index (χ0v) is 26.3. The summed E-state index contributed by atoms with van der Waals surface area (Å²) in [4.78, 5) is 28.6. The first kappa shape index (κ1) is 31.4. The highest BCUT2D eigenvalue weighted by Gasteiger charge is 2.32. The van der Waals surface area contributed by atoms with Crippen LogP contribution in [-0.2, 0) is 26.2 Å². The quantitative estimate of drug-likeness (QED) is 0.293. The van der Waals surface area contributed by atoms with Gasteiger partial charge < -0.3 is 10.2 Å². The lowest BCUT2D eigenvalue weighted by Crippen LogP contribution is -2.51. The van der Waals surface area contributed by atoms with E-state index in [2.05, 4.69) is 21.2 Å². The highest BCUT2D eigenvalue weighted by molar-refractivity contribution is 9.10. The summed E-state index contributed by atoms with van der Waals surface area (Å²) in [5.41, 5.74) is 4.03. The van der Waals surface area contributed by atoms with Crippen LogP contribution in [0.15, 0.2) is 76.1 Å². The Balaban J connectivity index is 2.04. The maximum atomic E-state index is 14.0. The molecule has 3 aromatic rings. The van der Waals surface area contributed by atoms with E-state index in [9.17, 15) is 18.0 Å². The summed E-state index contributed by atoms with van der Waals surface area (Å²) in [6.07, 6.45) is 0. The number of nitrogens with zero attached hydrogens (tertiary/aromatic N) is 2. The zero-order chi connectivity index (χ0) is 29.6. The van der Waals surface area contributed by atoms with Gasteiger partial charge in [-0.2, -0.15) is 0 Å². The second-order valence-corrected chi connectivity index (χ2v) is 13.3.